The van der Waals surface area contributed by atoms with Crippen LogP contribution in [0.5, 0.6) is 5.75 Å². The first-order valence-corrected chi connectivity index (χ1v) is 8.57. The van der Waals surface area contributed by atoms with Crippen LogP contribution in [0.2, 0.25) is 0 Å². The van der Waals surface area contributed by atoms with Gasteiger partial charge in [-0.15, -0.1) is 5.10 Å². The maximum atomic E-state index is 13.1. The topological polar surface area (TPSA) is 120 Å². The molecule has 2 aliphatic rings. The van der Waals surface area contributed by atoms with E-state index in [2.05, 4.69) is 15.5 Å². The number of aliphatic carboxylic acids is 1. The summed E-state index contributed by atoms with van der Waals surface area (Å²) in [4.78, 5) is 26.6. The third-order valence-corrected chi connectivity index (χ3v) is 5.44. The third-order valence-electron chi connectivity index (χ3n) is 5.44. The van der Waals surface area contributed by atoms with Gasteiger partial charge in [-0.3, -0.25) is 9.59 Å². The summed E-state index contributed by atoms with van der Waals surface area (Å²) in [6.45, 7) is 1.30. The zero-order chi connectivity index (χ0) is 19.0. The van der Waals surface area contributed by atoms with Gasteiger partial charge >= 0.3 is 5.97 Å². The molecule has 3 heterocycles. The number of amides is 1. The number of carboxylic acids is 1. The van der Waals surface area contributed by atoms with Gasteiger partial charge in [0.25, 0.3) is 5.91 Å². The van der Waals surface area contributed by atoms with Crippen LogP contribution in [0.4, 0.5) is 0 Å². The predicted molar refractivity (Wildman–Crippen MR) is 90.6 cm³/mol. The fourth-order valence-corrected chi connectivity index (χ4v) is 3.91. The molecule has 2 aliphatic heterocycles. The Hall–Kier alpha value is -3.01. The summed E-state index contributed by atoms with van der Waals surface area (Å²) in [6.07, 6.45) is 1.82. The highest BCUT2D eigenvalue weighted by Crippen LogP contribution is 2.43. The first kappa shape index (κ1) is 17.4. The van der Waals surface area contributed by atoms with E-state index in [-0.39, 0.29) is 18.4 Å². The number of aromatic nitrogens is 4. The van der Waals surface area contributed by atoms with Gasteiger partial charge in [-0.1, -0.05) is 0 Å². The van der Waals surface area contributed by atoms with Crippen molar-refractivity contribution in [2.45, 2.75) is 6.42 Å². The van der Waals surface area contributed by atoms with E-state index < -0.39 is 11.4 Å². The summed E-state index contributed by atoms with van der Waals surface area (Å²) < 4.78 is 12.2. The Kier molecular flexibility index (Phi) is 4.27. The van der Waals surface area contributed by atoms with Gasteiger partial charge in [-0.25, -0.2) is 0 Å². The normalized spacial score (nSPS) is 24.5. The minimum absolute atomic E-state index is 0.182. The summed E-state index contributed by atoms with van der Waals surface area (Å²) >= 11 is 0. The number of carbonyl (C=O) groups excluding carboxylic acids is 1. The molecule has 142 valence electrons. The SMILES string of the molecule is COc1ccc(C(=O)N2C[C@H]3COCC[C@@]3(C(=O)O)C2)cc1-n1cnnn1. The smallest absolute Gasteiger partial charge is 0.311 e. The van der Waals surface area contributed by atoms with Crippen molar-refractivity contribution >= 4 is 11.9 Å². The van der Waals surface area contributed by atoms with Gasteiger partial charge in [-0.2, -0.15) is 4.68 Å². The quantitative estimate of drug-likeness (QED) is 0.809. The molecule has 0 saturated carbocycles. The van der Waals surface area contributed by atoms with E-state index in [0.717, 1.165) is 0 Å². The molecular formula is C17H19N5O5. The van der Waals surface area contributed by atoms with Crippen molar-refractivity contribution in [2.75, 3.05) is 33.4 Å². The molecule has 2 atom stereocenters. The van der Waals surface area contributed by atoms with E-state index in [1.807, 2.05) is 0 Å². The lowest BCUT2D eigenvalue weighted by molar-refractivity contribution is -0.157. The van der Waals surface area contributed by atoms with Crippen molar-refractivity contribution in [2.24, 2.45) is 11.3 Å². The Labute approximate surface area is 154 Å². The molecule has 27 heavy (non-hydrogen) atoms. The lowest BCUT2D eigenvalue weighted by Gasteiger charge is -2.33. The molecule has 1 N–H and O–H groups in total. The van der Waals surface area contributed by atoms with Crippen molar-refractivity contribution in [3.8, 4) is 11.4 Å². The van der Waals surface area contributed by atoms with Crippen LogP contribution in [0.15, 0.2) is 24.5 Å². The van der Waals surface area contributed by atoms with E-state index >= 15 is 0 Å². The van der Waals surface area contributed by atoms with Gasteiger partial charge in [0.15, 0.2) is 0 Å². The molecular weight excluding hydrogens is 354 g/mol. The Balaban J connectivity index is 1.64. The molecule has 0 bridgehead atoms. The molecule has 2 fully saturated rings. The highest BCUT2D eigenvalue weighted by molar-refractivity contribution is 5.96. The molecule has 1 aromatic heterocycles. The molecule has 2 saturated heterocycles. The number of benzene rings is 1. The number of rotatable bonds is 4. The van der Waals surface area contributed by atoms with E-state index in [0.29, 0.717) is 43.2 Å². The molecule has 0 radical (unpaired) electrons. The van der Waals surface area contributed by atoms with Crippen molar-refractivity contribution < 1.29 is 24.2 Å². The minimum Gasteiger partial charge on any atom is -0.494 e. The number of nitrogens with zero attached hydrogens (tertiary/aromatic N) is 5. The van der Waals surface area contributed by atoms with E-state index in [1.54, 1.807) is 23.1 Å². The molecule has 2 aromatic rings. The summed E-state index contributed by atoms with van der Waals surface area (Å²) in [5, 5.41) is 20.8. The van der Waals surface area contributed by atoms with Gasteiger partial charge in [0, 0.05) is 31.2 Å². The molecule has 0 spiro atoms. The van der Waals surface area contributed by atoms with Gasteiger partial charge in [0.1, 0.15) is 17.8 Å². The van der Waals surface area contributed by atoms with Gasteiger partial charge in [0.05, 0.1) is 19.1 Å². The number of likely N-dealkylation sites (tertiary alicyclic amines) is 1. The largest absolute Gasteiger partial charge is 0.494 e. The van der Waals surface area contributed by atoms with Gasteiger partial charge in [-0.05, 0) is 35.0 Å². The summed E-state index contributed by atoms with van der Waals surface area (Å²) in [6, 6.07) is 4.97. The average Bonchev–Trinajstić information content (AvgIpc) is 3.35. The molecule has 1 amide bonds. The average molecular weight is 373 g/mol. The Bertz CT molecular complexity index is 871. The number of methoxy groups -OCH3 is 1. The highest BCUT2D eigenvalue weighted by Gasteiger charge is 2.54. The Morgan fingerprint density at radius 1 is 1.41 bits per heavy atom. The fourth-order valence-electron chi connectivity index (χ4n) is 3.91. The molecule has 1 aromatic carbocycles. The fraction of sp³-hybridized carbons (Fsp3) is 0.471. The van der Waals surface area contributed by atoms with Crippen LogP contribution in [0, 0.1) is 11.3 Å². The van der Waals surface area contributed by atoms with E-state index in [4.69, 9.17) is 9.47 Å². The standard InChI is InChI=1S/C17H19N5O5/c1-26-14-3-2-11(6-13(14)22-10-18-19-20-22)15(23)21-7-12-8-27-5-4-17(12,9-21)16(24)25/h2-3,6,10,12H,4-5,7-9H2,1H3,(H,24,25)/t12-,17+/m0/s1. The van der Waals surface area contributed by atoms with Crippen LogP contribution < -0.4 is 4.74 Å². The Morgan fingerprint density at radius 2 is 2.26 bits per heavy atom. The van der Waals surface area contributed by atoms with Crippen molar-refractivity contribution in [1.29, 1.82) is 0 Å². The molecule has 4 rings (SSSR count). The Morgan fingerprint density at radius 3 is 2.93 bits per heavy atom. The van der Waals surface area contributed by atoms with Crippen LogP contribution in [-0.4, -0.2) is 75.5 Å². The zero-order valence-corrected chi connectivity index (χ0v) is 14.7. The van der Waals surface area contributed by atoms with Crippen LogP contribution >= 0.6 is 0 Å². The second kappa shape index (κ2) is 6.62. The minimum atomic E-state index is -0.932. The number of ether oxygens (including phenoxy) is 2. The zero-order valence-electron chi connectivity index (χ0n) is 14.7. The third kappa shape index (κ3) is 2.81. The molecule has 10 heteroatoms. The number of carboxylic acid groups (broad SMARTS) is 1. The van der Waals surface area contributed by atoms with Crippen molar-refractivity contribution in [3.05, 3.63) is 30.1 Å². The van der Waals surface area contributed by atoms with Crippen LogP contribution in [-0.2, 0) is 9.53 Å². The van der Waals surface area contributed by atoms with Crippen LogP contribution in [0.25, 0.3) is 5.69 Å². The maximum absolute atomic E-state index is 13.1. The number of tetrazole rings is 1. The first-order chi connectivity index (χ1) is 13.0. The number of carbonyl (C=O) groups is 2. The van der Waals surface area contributed by atoms with E-state index in [9.17, 15) is 14.7 Å². The molecule has 0 unspecified atom stereocenters. The van der Waals surface area contributed by atoms with Crippen LogP contribution in [0.3, 0.4) is 0 Å². The van der Waals surface area contributed by atoms with Crippen LogP contribution in [0.1, 0.15) is 16.8 Å². The molecule has 0 aliphatic carbocycles. The maximum Gasteiger partial charge on any atom is 0.311 e. The number of hydrogen-bond acceptors (Lipinski definition) is 7. The first-order valence-electron chi connectivity index (χ1n) is 8.57. The monoisotopic (exact) mass is 373 g/mol. The molecule has 10 nitrogen and oxygen atoms in total. The summed E-state index contributed by atoms with van der Waals surface area (Å²) in [5.74, 6) is -0.786. The van der Waals surface area contributed by atoms with Crippen molar-refractivity contribution in [1.82, 2.24) is 25.1 Å². The second-order valence-electron chi connectivity index (χ2n) is 6.81. The lowest BCUT2D eigenvalue weighted by Crippen LogP contribution is -2.45. The summed E-state index contributed by atoms with van der Waals surface area (Å²) in [5.41, 5.74) is 0.0154. The lowest BCUT2D eigenvalue weighted by atomic mass is 9.74. The highest BCUT2D eigenvalue weighted by atomic mass is 16.5. The van der Waals surface area contributed by atoms with E-state index in [1.165, 1.54) is 18.1 Å². The van der Waals surface area contributed by atoms with Crippen molar-refractivity contribution in [3.63, 3.8) is 0 Å². The number of hydrogen-bond donors (Lipinski definition) is 1. The predicted octanol–water partition coefficient (Wildman–Crippen LogP) is 0.234. The second-order valence-corrected chi connectivity index (χ2v) is 6.81. The van der Waals surface area contributed by atoms with Gasteiger partial charge in [0.2, 0.25) is 0 Å². The number of fused-ring (bicyclic) bond motifs is 1. The van der Waals surface area contributed by atoms with Gasteiger partial charge < -0.3 is 19.5 Å². The summed E-state index contributed by atoms with van der Waals surface area (Å²) in [7, 11) is 1.52.